The monoisotopic (exact) mass is 418 g/mol. The molecule has 2 aromatic carbocycles. The molecule has 0 atom stereocenters. The van der Waals surface area contributed by atoms with Crippen molar-refractivity contribution >= 4 is 11.6 Å². The van der Waals surface area contributed by atoms with E-state index < -0.39 is 0 Å². The summed E-state index contributed by atoms with van der Waals surface area (Å²) in [6.07, 6.45) is 7.17. The van der Waals surface area contributed by atoms with E-state index in [1.165, 1.54) is 0 Å². The van der Waals surface area contributed by atoms with E-state index in [4.69, 9.17) is 0 Å². The van der Waals surface area contributed by atoms with Gasteiger partial charge in [-0.25, -0.2) is 0 Å². The smallest absolute Gasteiger partial charge is 0.195 e. The fourth-order valence-electron chi connectivity index (χ4n) is 4.91. The van der Waals surface area contributed by atoms with Gasteiger partial charge < -0.3 is 0 Å². The van der Waals surface area contributed by atoms with Crippen LogP contribution in [-0.2, 0) is 0 Å². The molecule has 0 unspecified atom stereocenters. The number of carbonyl (C=O) groups is 2. The lowest BCUT2D eigenvalue weighted by molar-refractivity contribution is 0.0980. The second kappa shape index (κ2) is 7.34. The molecule has 1 aliphatic rings. The predicted octanol–water partition coefficient (Wildman–Crippen LogP) is 5.82. The fourth-order valence-corrected chi connectivity index (χ4v) is 4.91. The molecule has 4 nitrogen and oxygen atoms in total. The van der Waals surface area contributed by atoms with Gasteiger partial charge in [0.05, 0.1) is 0 Å². The second-order valence-corrected chi connectivity index (χ2v) is 8.41. The number of aromatic nitrogens is 2. The Morgan fingerprint density at radius 1 is 0.469 bits per heavy atom. The number of rotatable bonds is 2. The largest absolute Gasteiger partial charge is 0.289 e. The molecular formula is C28H22N2O2. The lowest BCUT2D eigenvalue weighted by Crippen LogP contribution is -2.23. The van der Waals surface area contributed by atoms with Crippen LogP contribution >= 0.6 is 0 Å². The first-order valence-corrected chi connectivity index (χ1v) is 10.6. The molecule has 1 aliphatic carbocycles. The van der Waals surface area contributed by atoms with Gasteiger partial charge in [-0.2, -0.15) is 0 Å². The van der Waals surface area contributed by atoms with E-state index in [2.05, 4.69) is 9.97 Å². The molecule has 4 aromatic rings. The molecule has 0 saturated heterocycles. The van der Waals surface area contributed by atoms with E-state index in [0.29, 0.717) is 22.3 Å². The molecule has 4 heteroatoms. The van der Waals surface area contributed by atoms with Gasteiger partial charge in [0.25, 0.3) is 0 Å². The van der Waals surface area contributed by atoms with E-state index in [0.717, 1.165) is 44.5 Å². The number of benzene rings is 2. The van der Waals surface area contributed by atoms with E-state index >= 15 is 0 Å². The van der Waals surface area contributed by atoms with Crippen molar-refractivity contribution in [3.8, 4) is 22.3 Å². The van der Waals surface area contributed by atoms with Crippen molar-refractivity contribution in [1.29, 1.82) is 0 Å². The summed E-state index contributed by atoms with van der Waals surface area (Å²) in [6.45, 7) is 7.92. The molecule has 0 fully saturated rings. The average Bonchev–Trinajstić information content (AvgIpc) is 2.77. The molecule has 32 heavy (non-hydrogen) atoms. The molecule has 2 heterocycles. The topological polar surface area (TPSA) is 59.9 Å². The zero-order valence-electron chi connectivity index (χ0n) is 18.5. The van der Waals surface area contributed by atoms with Crippen molar-refractivity contribution in [3.05, 3.63) is 106 Å². The number of ketones is 2. The third-order valence-corrected chi connectivity index (χ3v) is 6.26. The third-order valence-electron chi connectivity index (χ3n) is 6.26. The Morgan fingerprint density at radius 2 is 0.812 bits per heavy atom. The molecule has 156 valence electrons. The van der Waals surface area contributed by atoms with Crippen LogP contribution < -0.4 is 0 Å². The van der Waals surface area contributed by atoms with Gasteiger partial charge in [-0.1, -0.05) is 36.4 Å². The Labute approximate surface area is 187 Å². The standard InChI is InChI=1S/C28H22N2O2/c1-15-11-29-12-16(2)23(15)19-7-5-9-21-25(19)28(32)26-20(8-6-10-22(26)27(21)31)24-17(3)13-30-14-18(24)4/h5-14H,1-4H3. The van der Waals surface area contributed by atoms with Gasteiger partial charge in [0.2, 0.25) is 0 Å². The number of fused-ring (bicyclic) bond motifs is 2. The van der Waals surface area contributed by atoms with Crippen LogP contribution in [-0.4, -0.2) is 21.5 Å². The van der Waals surface area contributed by atoms with Crippen LogP contribution in [0.15, 0.2) is 61.2 Å². The molecule has 2 aromatic heterocycles. The van der Waals surface area contributed by atoms with Crippen LogP contribution in [0.3, 0.4) is 0 Å². The number of hydrogen-bond acceptors (Lipinski definition) is 4. The maximum Gasteiger partial charge on any atom is 0.195 e. The summed E-state index contributed by atoms with van der Waals surface area (Å²) in [5, 5.41) is 0. The minimum Gasteiger partial charge on any atom is -0.289 e. The van der Waals surface area contributed by atoms with Crippen molar-refractivity contribution in [3.63, 3.8) is 0 Å². The highest BCUT2D eigenvalue weighted by molar-refractivity contribution is 6.32. The van der Waals surface area contributed by atoms with Crippen molar-refractivity contribution in [2.75, 3.05) is 0 Å². The summed E-state index contributed by atoms with van der Waals surface area (Å²) in [4.78, 5) is 36.2. The van der Waals surface area contributed by atoms with Crippen molar-refractivity contribution in [1.82, 2.24) is 9.97 Å². The van der Waals surface area contributed by atoms with E-state index in [1.807, 2.05) is 52.0 Å². The van der Waals surface area contributed by atoms with Crippen molar-refractivity contribution < 1.29 is 9.59 Å². The van der Waals surface area contributed by atoms with E-state index in [1.54, 1.807) is 36.9 Å². The van der Waals surface area contributed by atoms with Crippen LogP contribution in [0.25, 0.3) is 22.3 Å². The zero-order valence-corrected chi connectivity index (χ0v) is 18.5. The maximum absolute atomic E-state index is 14.1. The van der Waals surface area contributed by atoms with Gasteiger partial charge in [-0.15, -0.1) is 0 Å². The van der Waals surface area contributed by atoms with Crippen LogP contribution in [0.1, 0.15) is 54.1 Å². The highest BCUT2D eigenvalue weighted by atomic mass is 16.1. The summed E-state index contributed by atoms with van der Waals surface area (Å²) in [5.74, 6) is -0.237. The summed E-state index contributed by atoms with van der Waals surface area (Å²) < 4.78 is 0. The van der Waals surface area contributed by atoms with Crippen LogP contribution in [0, 0.1) is 27.7 Å². The molecule has 5 rings (SSSR count). The Balaban J connectivity index is 1.83. The van der Waals surface area contributed by atoms with Gasteiger partial charge in [0, 0.05) is 47.0 Å². The molecule has 0 N–H and O–H groups in total. The quantitative estimate of drug-likeness (QED) is 0.362. The number of aryl methyl sites for hydroxylation is 4. The first kappa shape index (κ1) is 20.0. The Bertz CT molecular complexity index is 1300. The minimum absolute atomic E-state index is 0.118. The Morgan fingerprint density at radius 3 is 1.19 bits per heavy atom. The summed E-state index contributed by atoms with van der Waals surface area (Å²) in [7, 11) is 0. The van der Waals surface area contributed by atoms with Crippen LogP contribution in [0.2, 0.25) is 0 Å². The minimum atomic E-state index is -0.118. The fraction of sp³-hybridized carbons (Fsp3) is 0.143. The highest BCUT2D eigenvalue weighted by Gasteiger charge is 2.34. The van der Waals surface area contributed by atoms with E-state index in [9.17, 15) is 9.59 Å². The molecule has 0 amide bonds. The normalized spacial score (nSPS) is 12.5. The highest BCUT2D eigenvalue weighted by Crippen LogP contribution is 2.40. The first-order chi connectivity index (χ1) is 15.4. The average molecular weight is 418 g/mol. The molecule has 0 spiro atoms. The van der Waals surface area contributed by atoms with Gasteiger partial charge in [-0.3, -0.25) is 19.6 Å². The maximum atomic E-state index is 14.1. The van der Waals surface area contributed by atoms with Gasteiger partial charge in [0.15, 0.2) is 11.6 Å². The number of pyridine rings is 2. The Hall–Kier alpha value is -3.92. The van der Waals surface area contributed by atoms with Gasteiger partial charge >= 0.3 is 0 Å². The zero-order chi connectivity index (χ0) is 22.6. The molecule has 0 aliphatic heterocycles. The molecule has 0 radical (unpaired) electrons. The molecule has 0 bridgehead atoms. The number of carbonyl (C=O) groups excluding carboxylic acids is 2. The molecular weight excluding hydrogens is 396 g/mol. The van der Waals surface area contributed by atoms with Crippen LogP contribution in [0.4, 0.5) is 0 Å². The van der Waals surface area contributed by atoms with Gasteiger partial charge in [-0.05, 0) is 72.2 Å². The third kappa shape index (κ3) is 2.83. The van der Waals surface area contributed by atoms with Crippen LogP contribution in [0.5, 0.6) is 0 Å². The lowest BCUT2D eigenvalue weighted by atomic mass is 9.76. The predicted molar refractivity (Wildman–Crippen MR) is 125 cm³/mol. The second-order valence-electron chi connectivity index (χ2n) is 8.41. The van der Waals surface area contributed by atoms with Crippen molar-refractivity contribution in [2.45, 2.75) is 27.7 Å². The Kier molecular flexibility index (Phi) is 4.59. The van der Waals surface area contributed by atoms with Gasteiger partial charge in [0.1, 0.15) is 0 Å². The summed E-state index contributed by atoms with van der Waals surface area (Å²) >= 11 is 0. The lowest BCUT2D eigenvalue weighted by Gasteiger charge is -2.24. The number of hydrogen-bond donors (Lipinski definition) is 0. The summed E-state index contributed by atoms with van der Waals surface area (Å²) in [6, 6.07) is 11.1. The first-order valence-electron chi connectivity index (χ1n) is 10.6. The SMILES string of the molecule is Cc1cncc(C)c1-c1cccc2c1C(=O)c1c(cccc1-c1c(C)cncc1C)C2=O. The molecule has 0 saturated carbocycles. The van der Waals surface area contributed by atoms with Crippen molar-refractivity contribution in [2.24, 2.45) is 0 Å². The summed E-state index contributed by atoms with van der Waals surface area (Å²) in [5.41, 5.74) is 9.20. The van der Waals surface area contributed by atoms with E-state index in [-0.39, 0.29) is 11.6 Å². The number of nitrogens with zero attached hydrogens (tertiary/aromatic N) is 2.